The van der Waals surface area contributed by atoms with Crippen LogP contribution in [0.25, 0.3) is 34.0 Å². The molecule has 3 aromatic heterocycles. The van der Waals surface area contributed by atoms with E-state index in [2.05, 4.69) is 73.2 Å². The van der Waals surface area contributed by atoms with Crippen molar-refractivity contribution in [2.24, 2.45) is 7.05 Å². The molecule has 5 aromatic rings. The summed E-state index contributed by atoms with van der Waals surface area (Å²) in [5.74, 6) is 1.76. The minimum absolute atomic E-state index is 0.195. The molecule has 0 amide bonds. The normalized spacial score (nSPS) is 14.1. The Bertz CT molecular complexity index is 1610. The highest BCUT2D eigenvalue weighted by Crippen LogP contribution is 2.35. The third-order valence-electron chi connectivity index (χ3n) is 7.37. The van der Waals surface area contributed by atoms with Crippen molar-refractivity contribution in [1.82, 2.24) is 29.4 Å². The fourth-order valence-corrected chi connectivity index (χ4v) is 5.31. The minimum atomic E-state index is 0.195. The first-order valence-corrected chi connectivity index (χ1v) is 13.5. The van der Waals surface area contributed by atoms with Gasteiger partial charge < -0.3 is 9.88 Å². The molecule has 0 bridgehead atoms. The highest BCUT2D eigenvalue weighted by Gasteiger charge is 2.21. The first-order valence-electron chi connectivity index (χ1n) is 13.5. The number of hydrogen-bond donors (Lipinski definition) is 1. The van der Waals surface area contributed by atoms with Crippen molar-refractivity contribution in [1.29, 1.82) is 5.26 Å². The number of nitrogens with one attached hydrogen (secondary N) is 1. The van der Waals surface area contributed by atoms with Gasteiger partial charge in [-0.05, 0) is 36.6 Å². The Balaban J connectivity index is 1.17. The first-order chi connectivity index (χ1) is 19.7. The lowest BCUT2D eigenvalue weighted by molar-refractivity contribution is 0.211. The van der Waals surface area contributed by atoms with E-state index in [1.165, 1.54) is 5.56 Å². The molecule has 0 saturated carbocycles. The molecular weight excluding hydrogens is 496 g/mol. The highest BCUT2D eigenvalue weighted by molar-refractivity contribution is 5.81. The van der Waals surface area contributed by atoms with Crippen LogP contribution in [-0.4, -0.2) is 48.5 Å². The van der Waals surface area contributed by atoms with E-state index in [-0.39, 0.29) is 5.82 Å². The van der Waals surface area contributed by atoms with E-state index in [0.29, 0.717) is 6.04 Å². The van der Waals surface area contributed by atoms with Gasteiger partial charge in [-0.1, -0.05) is 60.7 Å². The van der Waals surface area contributed by atoms with E-state index in [1.807, 2.05) is 48.5 Å². The summed E-state index contributed by atoms with van der Waals surface area (Å²) in [4.78, 5) is 20.3. The molecule has 198 valence electrons. The number of benzene rings is 2. The lowest BCUT2D eigenvalue weighted by atomic mass is 10.0. The first kappa shape index (κ1) is 25.4. The third-order valence-corrected chi connectivity index (χ3v) is 7.37. The monoisotopic (exact) mass is 526 g/mol. The van der Waals surface area contributed by atoms with Crippen LogP contribution in [0.2, 0.25) is 0 Å². The number of nitrogens with zero attached hydrogens (tertiary/aromatic N) is 7. The predicted molar refractivity (Wildman–Crippen MR) is 156 cm³/mol. The molecule has 0 radical (unpaired) electrons. The third kappa shape index (κ3) is 5.46. The summed E-state index contributed by atoms with van der Waals surface area (Å²) in [6.07, 6.45) is 5.48. The molecule has 0 aliphatic carbocycles. The maximum Gasteiger partial charge on any atom is 0.234 e. The van der Waals surface area contributed by atoms with E-state index in [1.54, 1.807) is 12.4 Å². The van der Waals surface area contributed by atoms with Crippen LogP contribution in [0.3, 0.4) is 0 Å². The van der Waals surface area contributed by atoms with E-state index in [0.717, 1.165) is 72.3 Å². The van der Waals surface area contributed by atoms with Gasteiger partial charge in [0, 0.05) is 56.2 Å². The zero-order valence-corrected chi connectivity index (χ0v) is 22.4. The van der Waals surface area contributed by atoms with Gasteiger partial charge in [-0.15, -0.1) is 0 Å². The molecule has 0 unspecified atom stereocenters. The second-order valence-corrected chi connectivity index (χ2v) is 10.0. The van der Waals surface area contributed by atoms with E-state index in [4.69, 9.17) is 10.2 Å². The number of piperidine rings is 1. The molecule has 1 aliphatic heterocycles. The maximum absolute atomic E-state index is 9.04. The average molecular weight is 527 g/mol. The Morgan fingerprint density at radius 3 is 2.35 bits per heavy atom. The number of anilines is 1. The SMILES string of the molecule is Cn1c(-c2ccccn2)nc(-c2ccccc2)c1-c1ccc(CN2CCC(Nc3ccnc(C#N)n3)CC2)cc1. The van der Waals surface area contributed by atoms with Crippen LogP contribution < -0.4 is 5.32 Å². The summed E-state index contributed by atoms with van der Waals surface area (Å²) in [6.45, 7) is 2.92. The van der Waals surface area contributed by atoms with Gasteiger partial charge >= 0.3 is 0 Å². The molecule has 0 spiro atoms. The van der Waals surface area contributed by atoms with Gasteiger partial charge in [-0.25, -0.2) is 15.0 Å². The maximum atomic E-state index is 9.04. The van der Waals surface area contributed by atoms with Crippen LogP contribution in [0.5, 0.6) is 0 Å². The van der Waals surface area contributed by atoms with Gasteiger partial charge in [0.2, 0.25) is 5.82 Å². The van der Waals surface area contributed by atoms with Crippen LogP contribution in [0, 0.1) is 11.3 Å². The van der Waals surface area contributed by atoms with Crippen molar-refractivity contribution in [3.05, 3.63) is 103 Å². The molecule has 6 rings (SSSR count). The van der Waals surface area contributed by atoms with Gasteiger partial charge in [0.05, 0.1) is 11.4 Å². The van der Waals surface area contributed by atoms with Gasteiger partial charge in [-0.3, -0.25) is 9.88 Å². The van der Waals surface area contributed by atoms with Crippen molar-refractivity contribution in [3.8, 4) is 40.1 Å². The minimum Gasteiger partial charge on any atom is -0.367 e. The van der Waals surface area contributed by atoms with Gasteiger partial charge in [0.1, 0.15) is 17.6 Å². The summed E-state index contributed by atoms with van der Waals surface area (Å²) in [7, 11) is 2.06. The molecule has 8 heteroatoms. The van der Waals surface area contributed by atoms with Crippen LogP contribution in [0.4, 0.5) is 5.82 Å². The molecule has 4 heterocycles. The number of likely N-dealkylation sites (tertiary alicyclic amines) is 1. The average Bonchev–Trinajstić information content (AvgIpc) is 3.36. The number of aromatic nitrogens is 5. The van der Waals surface area contributed by atoms with Crippen molar-refractivity contribution in [2.45, 2.75) is 25.4 Å². The number of hydrogen-bond acceptors (Lipinski definition) is 7. The van der Waals surface area contributed by atoms with Gasteiger partial charge in [0.15, 0.2) is 5.82 Å². The van der Waals surface area contributed by atoms with E-state index >= 15 is 0 Å². The van der Waals surface area contributed by atoms with Crippen molar-refractivity contribution < 1.29 is 0 Å². The van der Waals surface area contributed by atoms with Gasteiger partial charge in [-0.2, -0.15) is 5.26 Å². The van der Waals surface area contributed by atoms with E-state index in [9.17, 15) is 0 Å². The van der Waals surface area contributed by atoms with Crippen LogP contribution in [0.15, 0.2) is 91.3 Å². The molecule has 0 atom stereocenters. The molecule has 1 aliphatic rings. The largest absolute Gasteiger partial charge is 0.367 e. The number of imidazole rings is 1. The molecule has 40 heavy (non-hydrogen) atoms. The fraction of sp³-hybridized carbons (Fsp3) is 0.219. The summed E-state index contributed by atoms with van der Waals surface area (Å²) in [5, 5.41) is 12.5. The summed E-state index contributed by atoms with van der Waals surface area (Å²) in [6, 6.07) is 29.3. The Labute approximate surface area is 234 Å². The molecule has 1 N–H and O–H groups in total. The van der Waals surface area contributed by atoms with Gasteiger partial charge in [0.25, 0.3) is 0 Å². The number of pyridine rings is 1. The highest BCUT2D eigenvalue weighted by atomic mass is 15.2. The van der Waals surface area contributed by atoms with Crippen LogP contribution >= 0.6 is 0 Å². The molecule has 1 fully saturated rings. The van der Waals surface area contributed by atoms with Crippen LogP contribution in [0.1, 0.15) is 24.2 Å². The second kappa shape index (κ2) is 11.5. The smallest absolute Gasteiger partial charge is 0.234 e. The topological polar surface area (TPSA) is 95.5 Å². The van der Waals surface area contributed by atoms with Crippen molar-refractivity contribution in [3.63, 3.8) is 0 Å². The summed E-state index contributed by atoms with van der Waals surface area (Å²) < 4.78 is 2.15. The lowest BCUT2D eigenvalue weighted by Crippen LogP contribution is -2.38. The predicted octanol–water partition coefficient (Wildman–Crippen LogP) is 5.55. The second-order valence-electron chi connectivity index (χ2n) is 10.0. The van der Waals surface area contributed by atoms with Crippen molar-refractivity contribution >= 4 is 5.82 Å². The summed E-state index contributed by atoms with van der Waals surface area (Å²) >= 11 is 0. The molecule has 2 aromatic carbocycles. The Morgan fingerprint density at radius 2 is 1.62 bits per heavy atom. The molecule has 1 saturated heterocycles. The van der Waals surface area contributed by atoms with Crippen molar-refractivity contribution in [2.75, 3.05) is 18.4 Å². The Morgan fingerprint density at radius 1 is 0.850 bits per heavy atom. The standard InChI is InChI=1S/C32H30N8/c1-39-31(30(24-7-3-2-4-8-24)38-32(39)27-9-5-6-17-34-27)25-12-10-23(11-13-25)22-40-19-15-26(16-20-40)36-28-14-18-35-29(21-33)37-28/h2-14,17-18,26H,15-16,19-20,22H2,1H3,(H,35,36,37). The fourth-order valence-electron chi connectivity index (χ4n) is 5.31. The number of rotatable bonds is 7. The quantitative estimate of drug-likeness (QED) is 0.297. The molecule has 8 nitrogen and oxygen atoms in total. The zero-order valence-electron chi connectivity index (χ0n) is 22.4. The molecular formula is C32H30N8. The van der Waals surface area contributed by atoms with E-state index < -0.39 is 0 Å². The lowest BCUT2D eigenvalue weighted by Gasteiger charge is -2.32. The zero-order chi connectivity index (χ0) is 27.3. The number of nitriles is 1. The van der Waals surface area contributed by atoms with Crippen LogP contribution in [-0.2, 0) is 13.6 Å². The summed E-state index contributed by atoms with van der Waals surface area (Å²) in [5.41, 5.74) is 6.39. The Hall–Kier alpha value is -4.87. The Kier molecular flexibility index (Phi) is 7.29.